The Morgan fingerprint density at radius 2 is 1.88 bits per heavy atom. The molecule has 0 bridgehead atoms. The van der Waals surface area contributed by atoms with Gasteiger partial charge in [-0.2, -0.15) is 0 Å². The first-order valence-corrected chi connectivity index (χ1v) is 11.4. The molecular formula is C25H21NO4S2. The molecule has 7 heteroatoms. The topological polar surface area (TPSA) is 70.8 Å². The number of rotatable bonds is 8. The summed E-state index contributed by atoms with van der Waals surface area (Å²) in [4.78, 5) is 26.1. The molecule has 2 heterocycles. The van der Waals surface area contributed by atoms with Crippen LogP contribution in [0.3, 0.4) is 0 Å². The highest BCUT2D eigenvalue weighted by atomic mass is 32.2. The van der Waals surface area contributed by atoms with Gasteiger partial charge in [-0.15, -0.1) is 0 Å². The SMILES string of the molecule is O=C(O)c1cccc(CCN2C(=O)/C(=C\CCc3ccc(-c4ccccc4)o3)SC2=S)c1. The Kier molecular flexibility index (Phi) is 6.87. The van der Waals surface area contributed by atoms with Crippen molar-refractivity contribution in [2.24, 2.45) is 0 Å². The summed E-state index contributed by atoms with van der Waals surface area (Å²) in [5.41, 5.74) is 2.13. The Hall–Kier alpha value is -3.16. The molecule has 3 aromatic rings. The van der Waals surface area contributed by atoms with Crippen LogP contribution in [0.15, 0.2) is 82.1 Å². The van der Waals surface area contributed by atoms with Crippen molar-refractivity contribution in [3.63, 3.8) is 0 Å². The number of carboxylic acids is 1. The van der Waals surface area contributed by atoms with Crippen LogP contribution >= 0.6 is 24.0 Å². The molecule has 1 aliphatic rings. The van der Waals surface area contributed by atoms with Gasteiger partial charge in [-0.1, -0.05) is 72.5 Å². The van der Waals surface area contributed by atoms with Crippen molar-refractivity contribution in [2.75, 3.05) is 6.54 Å². The molecule has 1 amide bonds. The van der Waals surface area contributed by atoms with E-state index in [0.717, 1.165) is 22.6 Å². The highest BCUT2D eigenvalue weighted by Gasteiger charge is 2.31. The van der Waals surface area contributed by atoms with Gasteiger partial charge in [-0.05, 0) is 42.7 Å². The van der Waals surface area contributed by atoms with Crippen LogP contribution in [-0.2, 0) is 17.6 Å². The fourth-order valence-corrected chi connectivity index (χ4v) is 4.76. The largest absolute Gasteiger partial charge is 0.478 e. The van der Waals surface area contributed by atoms with Gasteiger partial charge < -0.3 is 9.52 Å². The van der Waals surface area contributed by atoms with Gasteiger partial charge in [-0.25, -0.2) is 4.79 Å². The lowest BCUT2D eigenvalue weighted by atomic mass is 10.1. The first kappa shape index (κ1) is 22.0. The molecule has 1 N–H and O–H groups in total. The summed E-state index contributed by atoms with van der Waals surface area (Å²) < 4.78 is 6.45. The molecule has 2 aromatic carbocycles. The summed E-state index contributed by atoms with van der Waals surface area (Å²) in [5, 5.41) is 9.13. The van der Waals surface area contributed by atoms with E-state index in [0.29, 0.717) is 35.0 Å². The number of amides is 1. The highest BCUT2D eigenvalue weighted by Crippen LogP contribution is 2.32. The van der Waals surface area contributed by atoms with E-state index in [4.69, 9.17) is 21.7 Å². The summed E-state index contributed by atoms with van der Waals surface area (Å²) in [6.45, 7) is 0.420. The van der Waals surface area contributed by atoms with Crippen LogP contribution in [0.2, 0.25) is 0 Å². The number of carbonyl (C=O) groups excluding carboxylic acids is 1. The molecule has 1 aromatic heterocycles. The number of furan rings is 1. The van der Waals surface area contributed by atoms with Crippen molar-refractivity contribution < 1.29 is 19.1 Å². The zero-order valence-electron chi connectivity index (χ0n) is 17.2. The van der Waals surface area contributed by atoms with Crippen molar-refractivity contribution in [3.05, 3.63) is 94.6 Å². The lowest BCUT2D eigenvalue weighted by molar-refractivity contribution is -0.122. The molecule has 0 aliphatic carbocycles. The predicted molar refractivity (Wildman–Crippen MR) is 130 cm³/mol. The van der Waals surface area contributed by atoms with Gasteiger partial charge in [0.1, 0.15) is 15.8 Å². The van der Waals surface area contributed by atoms with Crippen molar-refractivity contribution in [2.45, 2.75) is 19.3 Å². The molecule has 32 heavy (non-hydrogen) atoms. The minimum atomic E-state index is -0.965. The van der Waals surface area contributed by atoms with E-state index in [2.05, 4.69) is 0 Å². The zero-order valence-corrected chi connectivity index (χ0v) is 18.8. The predicted octanol–water partition coefficient (Wildman–Crippen LogP) is 5.56. The Morgan fingerprint density at radius 3 is 2.66 bits per heavy atom. The third-order valence-corrected chi connectivity index (χ3v) is 6.54. The number of carboxylic acid groups (broad SMARTS) is 1. The maximum atomic E-state index is 12.8. The van der Waals surface area contributed by atoms with Crippen LogP contribution in [0.4, 0.5) is 0 Å². The molecule has 0 radical (unpaired) electrons. The van der Waals surface area contributed by atoms with E-state index >= 15 is 0 Å². The number of aromatic carboxylic acids is 1. The van der Waals surface area contributed by atoms with Crippen molar-refractivity contribution in [3.8, 4) is 11.3 Å². The normalized spacial score (nSPS) is 15.0. The molecule has 162 valence electrons. The van der Waals surface area contributed by atoms with E-state index in [1.165, 1.54) is 11.8 Å². The van der Waals surface area contributed by atoms with Gasteiger partial charge in [0, 0.05) is 18.5 Å². The third-order valence-electron chi connectivity index (χ3n) is 5.11. The average Bonchev–Trinajstić information content (AvgIpc) is 3.38. The van der Waals surface area contributed by atoms with Crippen LogP contribution < -0.4 is 0 Å². The van der Waals surface area contributed by atoms with Crippen molar-refractivity contribution in [1.29, 1.82) is 0 Å². The lowest BCUT2D eigenvalue weighted by Gasteiger charge is -2.14. The Labute approximate surface area is 195 Å². The second kappa shape index (κ2) is 9.97. The maximum Gasteiger partial charge on any atom is 0.335 e. The fraction of sp³-hybridized carbons (Fsp3) is 0.160. The van der Waals surface area contributed by atoms with Gasteiger partial charge in [0.15, 0.2) is 0 Å². The molecule has 5 nitrogen and oxygen atoms in total. The quantitative estimate of drug-likeness (QED) is 0.348. The molecule has 0 atom stereocenters. The van der Waals surface area contributed by atoms with E-state index < -0.39 is 5.97 Å². The van der Waals surface area contributed by atoms with Gasteiger partial charge >= 0.3 is 5.97 Å². The summed E-state index contributed by atoms with van der Waals surface area (Å²) in [6, 6.07) is 20.6. The number of aryl methyl sites for hydroxylation is 1. The van der Waals surface area contributed by atoms with E-state index in [1.807, 2.05) is 54.6 Å². The van der Waals surface area contributed by atoms with Crippen LogP contribution in [0.25, 0.3) is 11.3 Å². The summed E-state index contributed by atoms with van der Waals surface area (Å²) in [5.74, 6) is 0.638. The second-order valence-electron chi connectivity index (χ2n) is 7.32. The number of hydrogen-bond acceptors (Lipinski definition) is 5. The van der Waals surface area contributed by atoms with Gasteiger partial charge in [0.25, 0.3) is 5.91 Å². The third kappa shape index (κ3) is 5.18. The number of nitrogens with zero attached hydrogens (tertiary/aromatic N) is 1. The minimum absolute atomic E-state index is 0.0983. The van der Waals surface area contributed by atoms with E-state index in [9.17, 15) is 9.59 Å². The van der Waals surface area contributed by atoms with Gasteiger partial charge in [0.2, 0.25) is 0 Å². The lowest BCUT2D eigenvalue weighted by Crippen LogP contribution is -2.30. The van der Waals surface area contributed by atoms with Crippen LogP contribution in [-0.4, -0.2) is 32.7 Å². The zero-order chi connectivity index (χ0) is 22.5. The van der Waals surface area contributed by atoms with Gasteiger partial charge in [0.05, 0.1) is 10.5 Å². The molecule has 4 rings (SSSR count). The molecule has 1 aliphatic heterocycles. The van der Waals surface area contributed by atoms with Crippen LogP contribution in [0, 0.1) is 0 Å². The fourth-order valence-electron chi connectivity index (χ4n) is 3.45. The minimum Gasteiger partial charge on any atom is -0.478 e. The number of allylic oxidation sites excluding steroid dienone is 1. The number of benzene rings is 2. The average molecular weight is 464 g/mol. The number of carbonyl (C=O) groups is 2. The monoisotopic (exact) mass is 463 g/mol. The smallest absolute Gasteiger partial charge is 0.335 e. The Morgan fingerprint density at radius 1 is 1.06 bits per heavy atom. The maximum absolute atomic E-state index is 12.8. The molecule has 0 saturated carbocycles. The molecule has 0 spiro atoms. The van der Waals surface area contributed by atoms with Crippen LogP contribution in [0.1, 0.15) is 28.1 Å². The van der Waals surface area contributed by atoms with E-state index in [1.54, 1.807) is 23.1 Å². The molecule has 1 fully saturated rings. The first-order chi connectivity index (χ1) is 15.5. The summed E-state index contributed by atoms with van der Waals surface area (Å²) in [7, 11) is 0. The highest BCUT2D eigenvalue weighted by molar-refractivity contribution is 8.26. The molecule has 1 saturated heterocycles. The standard InChI is InChI=1S/C25H21NO4S2/c27-23-22(11-5-10-20-12-13-21(30-20)18-7-2-1-3-8-18)32-25(31)26(23)15-14-17-6-4-9-19(16-17)24(28)29/h1-4,6-9,11-13,16H,5,10,14-15H2,(H,28,29)/b22-11+. The first-order valence-electron chi connectivity index (χ1n) is 10.2. The summed E-state index contributed by atoms with van der Waals surface area (Å²) >= 11 is 6.70. The number of hydrogen-bond donors (Lipinski definition) is 1. The van der Waals surface area contributed by atoms with Crippen molar-refractivity contribution >= 4 is 40.2 Å². The Bertz CT molecular complexity index is 1180. The second-order valence-corrected chi connectivity index (χ2v) is 9.00. The number of thioether (sulfide) groups is 1. The molecular weight excluding hydrogens is 442 g/mol. The van der Waals surface area contributed by atoms with Crippen LogP contribution in [0.5, 0.6) is 0 Å². The summed E-state index contributed by atoms with van der Waals surface area (Å²) in [6.07, 6.45) is 3.82. The Balaban J connectivity index is 1.33. The number of thiocarbonyl (C=S) groups is 1. The molecule has 0 unspecified atom stereocenters. The van der Waals surface area contributed by atoms with Crippen molar-refractivity contribution in [1.82, 2.24) is 4.90 Å². The van der Waals surface area contributed by atoms with Gasteiger partial charge in [-0.3, -0.25) is 9.69 Å². The van der Waals surface area contributed by atoms with E-state index in [-0.39, 0.29) is 11.5 Å².